The lowest BCUT2D eigenvalue weighted by atomic mass is 10.1. The standard InChI is InChI=1S/C8H9NO2S2/c9-7(10)5-1-3-6(4-2-5)8(11)13-12/h1-4,8,11-12H,(H2,9,10). The summed E-state index contributed by atoms with van der Waals surface area (Å²) < 4.78 is 0. The molecule has 0 bridgehead atoms. The second-order valence-electron chi connectivity index (χ2n) is 2.44. The van der Waals surface area contributed by atoms with Crippen LogP contribution in [0.2, 0.25) is 0 Å². The van der Waals surface area contributed by atoms with Gasteiger partial charge < -0.3 is 10.8 Å². The first kappa shape index (κ1) is 10.4. The van der Waals surface area contributed by atoms with Crippen LogP contribution in [0.1, 0.15) is 21.4 Å². The first-order valence-electron chi connectivity index (χ1n) is 3.53. The first-order valence-corrected chi connectivity index (χ1v) is 5.46. The van der Waals surface area contributed by atoms with Crippen molar-refractivity contribution in [2.75, 3.05) is 0 Å². The molecule has 1 unspecified atom stereocenters. The van der Waals surface area contributed by atoms with Gasteiger partial charge in [-0.2, -0.15) is 0 Å². The van der Waals surface area contributed by atoms with Gasteiger partial charge in [0, 0.05) is 5.56 Å². The highest BCUT2D eigenvalue weighted by Crippen LogP contribution is 2.28. The number of hydrogen-bond donors (Lipinski definition) is 3. The molecule has 1 rings (SSSR count). The van der Waals surface area contributed by atoms with Crippen molar-refractivity contribution in [2.45, 2.75) is 5.44 Å². The van der Waals surface area contributed by atoms with Gasteiger partial charge in [0.2, 0.25) is 5.91 Å². The monoisotopic (exact) mass is 215 g/mol. The average Bonchev–Trinajstić information content (AvgIpc) is 2.17. The maximum atomic E-state index is 10.7. The van der Waals surface area contributed by atoms with Gasteiger partial charge in [-0.15, -0.1) is 11.7 Å². The molecular weight excluding hydrogens is 206 g/mol. The maximum Gasteiger partial charge on any atom is 0.248 e. The SMILES string of the molecule is NC(=O)c1ccc(C(O)SS)cc1. The van der Waals surface area contributed by atoms with E-state index in [1.807, 2.05) is 0 Å². The molecule has 0 aromatic heterocycles. The summed E-state index contributed by atoms with van der Waals surface area (Å²) >= 11 is 3.87. The minimum Gasteiger partial charge on any atom is -0.377 e. The molecule has 0 aliphatic heterocycles. The number of thiol groups is 1. The van der Waals surface area contributed by atoms with Gasteiger partial charge in [0.15, 0.2) is 0 Å². The van der Waals surface area contributed by atoms with Gasteiger partial charge in [0.05, 0.1) is 0 Å². The van der Waals surface area contributed by atoms with Crippen LogP contribution in [0.3, 0.4) is 0 Å². The molecule has 1 amide bonds. The zero-order valence-electron chi connectivity index (χ0n) is 6.68. The number of benzene rings is 1. The van der Waals surface area contributed by atoms with Crippen LogP contribution in [-0.2, 0) is 0 Å². The zero-order chi connectivity index (χ0) is 9.84. The fourth-order valence-electron chi connectivity index (χ4n) is 0.873. The van der Waals surface area contributed by atoms with E-state index in [0.717, 1.165) is 10.8 Å². The lowest BCUT2D eigenvalue weighted by Gasteiger charge is -2.06. The van der Waals surface area contributed by atoms with E-state index >= 15 is 0 Å². The molecule has 1 aromatic carbocycles. The Morgan fingerprint density at radius 1 is 1.46 bits per heavy atom. The molecule has 13 heavy (non-hydrogen) atoms. The zero-order valence-corrected chi connectivity index (χ0v) is 8.39. The Balaban J connectivity index is 2.87. The van der Waals surface area contributed by atoms with E-state index in [9.17, 15) is 9.90 Å². The summed E-state index contributed by atoms with van der Waals surface area (Å²) in [7, 11) is 1.03. The highest BCUT2D eigenvalue weighted by molar-refractivity contribution is 8.68. The number of amides is 1. The van der Waals surface area contributed by atoms with Crippen LogP contribution in [0.4, 0.5) is 0 Å². The van der Waals surface area contributed by atoms with Gasteiger partial charge in [-0.3, -0.25) is 4.79 Å². The number of carbonyl (C=O) groups excluding carboxylic acids is 1. The Hall–Kier alpha value is -0.650. The Morgan fingerprint density at radius 2 is 2.00 bits per heavy atom. The molecule has 0 fully saturated rings. The Morgan fingerprint density at radius 3 is 2.38 bits per heavy atom. The number of primary amides is 1. The van der Waals surface area contributed by atoms with E-state index in [1.165, 1.54) is 0 Å². The number of hydrogen-bond acceptors (Lipinski definition) is 4. The van der Waals surface area contributed by atoms with Crippen molar-refractivity contribution in [3.63, 3.8) is 0 Å². The third-order valence-corrected chi connectivity index (χ3v) is 2.65. The van der Waals surface area contributed by atoms with Crippen molar-refractivity contribution >= 4 is 28.4 Å². The minimum absolute atomic E-state index is 0.431. The number of aliphatic hydroxyl groups excluding tert-OH is 1. The molecule has 3 N–H and O–H groups in total. The van der Waals surface area contributed by atoms with Crippen LogP contribution < -0.4 is 5.73 Å². The van der Waals surface area contributed by atoms with Crippen molar-refractivity contribution in [2.24, 2.45) is 5.73 Å². The summed E-state index contributed by atoms with van der Waals surface area (Å²) in [5.41, 5.74) is 5.50. The maximum absolute atomic E-state index is 10.7. The Bertz CT molecular complexity index is 300. The molecule has 0 saturated heterocycles. The molecule has 3 nitrogen and oxygen atoms in total. The Labute approximate surface area is 85.1 Å². The molecule has 0 radical (unpaired) electrons. The van der Waals surface area contributed by atoms with E-state index in [0.29, 0.717) is 11.1 Å². The van der Waals surface area contributed by atoms with Crippen LogP contribution in [0.25, 0.3) is 0 Å². The van der Waals surface area contributed by atoms with Crippen molar-refractivity contribution in [3.8, 4) is 0 Å². The lowest BCUT2D eigenvalue weighted by Crippen LogP contribution is -2.10. The molecule has 0 spiro atoms. The number of rotatable bonds is 3. The van der Waals surface area contributed by atoms with Crippen molar-refractivity contribution in [1.29, 1.82) is 0 Å². The fourth-order valence-corrected chi connectivity index (χ4v) is 1.52. The van der Waals surface area contributed by atoms with E-state index in [1.54, 1.807) is 24.3 Å². The van der Waals surface area contributed by atoms with E-state index in [-0.39, 0.29) is 0 Å². The second-order valence-corrected chi connectivity index (χ2v) is 3.73. The smallest absolute Gasteiger partial charge is 0.248 e. The molecule has 0 aliphatic rings. The summed E-state index contributed by atoms with van der Waals surface area (Å²) in [6.45, 7) is 0. The van der Waals surface area contributed by atoms with Gasteiger partial charge in [0.25, 0.3) is 0 Å². The molecule has 70 valence electrons. The summed E-state index contributed by atoms with van der Waals surface area (Å²) in [6.07, 6.45) is 0. The number of aliphatic hydroxyl groups is 1. The first-order chi connectivity index (χ1) is 6.15. The third kappa shape index (κ3) is 2.65. The lowest BCUT2D eigenvalue weighted by molar-refractivity contribution is 0.1000. The summed E-state index contributed by atoms with van der Waals surface area (Å²) in [5.74, 6) is -0.473. The van der Waals surface area contributed by atoms with Crippen LogP contribution >= 0.6 is 22.5 Å². The molecule has 0 saturated carbocycles. The molecule has 0 heterocycles. The molecular formula is C8H9NO2S2. The van der Waals surface area contributed by atoms with Gasteiger partial charge in [-0.25, -0.2) is 0 Å². The van der Waals surface area contributed by atoms with Gasteiger partial charge in [0.1, 0.15) is 5.44 Å². The van der Waals surface area contributed by atoms with Crippen LogP contribution in [0.5, 0.6) is 0 Å². The third-order valence-electron chi connectivity index (χ3n) is 1.58. The second kappa shape index (κ2) is 4.55. The van der Waals surface area contributed by atoms with Crippen LogP contribution in [0.15, 0.2) is 24.3 Å². The van der Waals surface area contributed by atoms with E-state index in [4.69, 9.17) is 5.73 Å². The predicted molar refractivity (Wildman–Crippen MR) is 56.5 cm³/mol. The van der Waals surface area contributed by atoms with Gasteiger partial charge in [-0.1, -0.05) is 22.9 Å². The predicted octanol–water partition coefficient (Wildman–Crippen LogP) is 1.35. The van der Waals surface area contributed by atoms with E-state index in [2.05, 4.69) is 11.7 Å². The van der Waals surface area contributed by atoms with Crippen molar-refractivity contribution in [1.82, 2.24) is 0 Å². The Kier molecular flexibility index (Phi) is 3.65. The van der Waals surface area contributed by atoms with Crippen molar-refractivity contribution in [3.05, 3.63) is 35.4 Å². The van der Waals surface area contributed by atoms with Gasteiger partial charge >= 0.3 is 0 Å². The minimum atomic E-state index is -0.676. The van der Waals surface area contributed by atoms with Crippen LogP contribution in [-0.4, -0.2) is 11.0 Å². The largest absolute Gasteiger partial charge is 0.377 e. The normalized spacial score (nSPS) is 12.5. The van der Waals surface area contributed by atoms with Gasteiger partial charge in [-0.05, 0) is 17.7 Å². The number of nitrogens with two attached hydrogens (primary N) is 1. The van der Waals surface area contributed by atoms with Crippen LogP contribution in [0, 0.1) is 0 Å². The quantitative estimate of drug-likeness (QED) is 0.405. The molecule has 1 aromatic rings. The van der Waals surface area contributed by atoms with E-state index < -0.39 is 11.3 Å². The molecule has 1 atom stereocenters. The average molecular weight is 215 g/mol. The number of carbonyl (C=O) groups is 1. The fraction of sp³-hybridized carbons (Fsp3) is 0.125. The molecule has 5 heteroatoms. The summed E-state index contributed by atoms with van der Waals surface area (Å²) in [4.78, 5) is 10.7. The molecule has 0 aliphatic carbocycles. The highest BCUT2D eigenvalue weighted by Gasteiger charge is 2.06. The summed E-state index contributed by atoms with van der Waals surface area (Å²) in [5, 5.41) is 9.33. The highest BCUT2D eigenvalue weighted by atomic mass is 33.1. The summed E-state index contributed by atoms with van der Waals surface area (Å²) in [6, 6.07) is 6.44. The topological polar surface area (TPSA) is 63.3 Å². The van der Waals surface area contributed by atoms with Crippen molar-refractivity contribution < 1.29 is 9.90 Å².